The van der Waals surface area contributed by atoms with Gasteiger partial charge in [0.1, 0.15) is 11.5 Å². The van der Waals surface area contributed by atoms with Gasteiger partial charge in [0, 0.05) is 5.56 Å². The zero-order valence-corrected chi connectivity index (χ0v) is 15.1. The summed E-state index contributed by atoms with van der Waals surface area (Å²) in [5.74, 6) is -0.234. The predicted octanol–water partition coefficient (Wildman–Crippen LogP) is 2.42. The summed E-state index contributed by atoms with van der Waals surface area (Å²) in [5.41, 5.74) is 0.973. The fourth-order valence-corrected chi connectivity index (χ4v) is 2.95. The highest BCUT2D eigenvalue weighted by atomic mass is 16.5. The molecule has 7 heteroatoms. The van der Waals surface area contributed by atoms with E-state index in [0.29, 0.717) is 28.4 Å². The number of carbonyl (C=O) groups excluding carboxylic acids is 2. The van der Waals surface area contributed by atoms with E-state index in [-0.39, 0.29) is 11.3 Å². The van der Waals surface area contributed by atoms with Crippen LogP contribution >= 0.6 is 0 Å². The third kappa shape index (κ3) is 3.31. The molecule has 0 aromatic heterocycles. The third-order valence-electron chi connectivity index (χ3n) is 4.37. The highest BCUT2D eigenvalue weighted by Crippen LogP contribution is 2.37. The molecule has 7 nitrogen and oxygen atoms in total. The van der Waals surface area contributed by atoms with Crippen LogP contribution < -0.4 is 19.5 Å². The molecular formula is C20H19NO6. The maximum Gasteiger partial charge on any atom is 0.293 e. The monoisotopic (exact) mass is 369 g/mol. The Morgan fingerprint density at radius 1 is 0.926 bits per heavy atom. The number of aliphatic hydroxyl groups is 1. The Morgan fingerprint density at radius 2 is 1.59 bits per heavy atom. The molecule has 1 amide bonds. The molecule has 0 aliphatic carbocycles. The first-order valence-corrected chi connectivity index (χ1v) is 8.14. The molecule has 27 heavy (non-hydrogen) atoms. The first kappa shape index (κ1) is 18.3. The molecule has 1 heterocycles. The van der Waals surface area contributed by atoms with Crippen LogP contribution in [0.2, 0.25) is 0 Å². The van der Waals surface area contributed by atoms with Crippen molar-refractivity contribution in [1.29, 1.82) is 0 Å². The number of ketones is 1. The SMILES string of the molecule is COc1ccc(/C(O)=C2\C(=O)C(=O)N[C@@H]2c2ccc(OC)c(OC)c2)cc1. The number of amides is 1. The number of Topliss-reactive ketones (excluding diaryl/α,β-unsaturated/α-hetero) is 1. The Labute approximate surface area is 156 Å². The van der Waals surface area contributed by atoms with Crippen LogP contribution in [0.3, 0.4) is 0 Å². The second kappa shape index (κ2) is 7.41. The van der Waals surface area contributed by atoms with Gasteiger partial charge in [-0.3, -0.25) is 9.59 Å². The van der Waals surface area contributed by atoms with E-state index in [9.17, 15) is 14.7 Å². The lowest BCUT2D eigenvalue weighted by molar-refractivity contribution is -0.133. The molecule has 2 aromatic rings. The standard InChI is InChI=1S/C20H19NO6/c1-25-13-7-4-11(5-8-13)18(22)16-17(21-20(24)19(16)23)12-6-9-14(26-2)15(10-12)27-3/h4-10,17,22H,1-3H3,(H,21,24)/b18-16+/t17-/m1/s1. The molecule has 1 aliphatic heterocycles. The van der Waals surface area contributed by atoms with Crippen LogP contribution in [0.15, 0.2) is 48.0 Å². The van der Waals surface area contributed by atoms with Gasteiger partial charge in [0.2, 0.25) is 0 Å². The van der Waals surface area contributed by atoms with Crippen LogP contribution in [0.1, 0.15) is 17.2 Å². The van der Waals surface area contributed by atoms with Gasteiger partial charge in [0.05, 0.1) is 32.9 Å². The number of carbonyl (C=O) groups is 2. The van der Waals surface area contributed by atoms with Crippen molar-refractivity contribution in [2.45, 2.75) is 6.04 Å². The Morgan fingerprint density at radius 3 is 2.19 bits per heavy atom. The van der Waals surface area contributed by atoms with Gasteiger partial charge in [-0.1, -0.05) is 6.07 Å². The third-order valence-corrected chi connectivity index (χ3v) is 4.37. The highest BCUT2D eigenvalue weighted by molar-refractivity contribution is 6.46. The minimum Gasteiger partial charge on any atom is -0.507 e. The van der Waals surface area contributed by atoms with E-state index in [4.69, 9.17) is 14.2 Å². The minimum atomic E-state index is -0.799. The molecule has 2 N–H and O–H groups in total. The van der Waals surface area contributed by atoms with E-state index in [1.807, 2.05) is 0 Å². The summed E-state index contributed by atoms with van der Waals surface area (Å²) in [4.78, 5) is 24.4. The Bertz CT molecular complexity index is 917. The van der Waals surface area contributed by atoms with E-state index in [1.54, 1.807) is 42.5 Å². The van der Waals surface area contributed by atoms with Gasteiger partial charge in [-0.15, -0.1) is 0 Å². The van der Waals surface area contributed by atoms with Crippen molar-refractivity contribution in [3.05, 3.63) is 59.2 Å². The number of nitrogens with one attached hydrogen (secondary N) is 1. The highest BCUT2D eigenvalue weighted by Gasteiger charge is 2.39. The lowest BCUT2D eigenvalue weighted by Crippen LogP contribution is -2.21. The van der Waals surface area contributed by atoms with E-state index in [2.05, 4.69) is 5.32 Å². The van der Waals surface area contributed by atoms with Crippen molar-refractivity contribution in [1.82, 2.24) is 5.32 Å². The molecule has 3 rings (SSSR count). The van der Waals surface area contributed by atoms with E-state index in [1.165, 1.54) is 21.3 Å². The average Bonchev–Trinajstić information content (AvgIpc) is 3.01. The second-order valence-corrected chi connectivity index (χ2v) is 5.84. The fourth-order valence-electron chi connectivity index (χ4n) is 2.95. The Kier molecular flexibility index (Phi) is 5.03. The quantitative estimate of drug-likeness (QED) is 0.478. The maximum absolute atomic E-state index is 12.4. The zero-order valence-electron chi connectivity index (χ0n) is 15.1. The predicted molar refractivity (Wildman–Crippen MR) is 98.0 cm³/mol. The van der Waals surface area contributed by atoms with Crippen molar-refractivity contribution in [3.63, 3.8) is 0 Å². The molecule has 140 valence electrons. The molecule has 1 fully saturated rings. The van der Waals surface area contributed by atoms with Crippen LogP contribution in [0.4, 0.5) is 0 Å². The summed E-state index contributed by atoms with van der Waals surface area (Å²) in [5, 5.41) is 13.3. The van der Waals surface area contributed by atoms with Crippen molar-refractivity contribution >= 4 is 17.4 Å². The summed E-state index contributed by atoms with van der Waals surface area (Å²) < 4.78 is 15.6. The Hall–Kier alpha value is -3.48. The van der Waals surface area contributed by atoms with E-state index < -0.39 is 17.7 Å². The molecule has 0 spiro atoms. The molecule has 0 radical (unpaired) electrons. The summed E-state index contributed by atoms with van der Waals surface area (Å²) in [6.45, 7) is 0. The van der Waals surface area contributed by atoms with Crippen molar-refractivity contribution in [2.75, 3.05) is 21.3 Å². The van der Waals surface area contributed by atoms with Gasteiger partial charge >= 0.3 is 0 Å². The van der Waals surface area contributed by atoms with Gasteiger partial charge in [0.25, 0.3) is 11.7 Å². The number of rotatable bonds is 5. The van der Waals surface area contributed by atoms with Crippen LogP contribution in [-0.2, 0) is 9.59 Å². The van der Waals surface area contributed by atoms with Gasteiger partial charge in [-0.25, -0.2) is 0 Å². The van der Waals surface area contributed by atoms with Gasteiger partial charge in [-0.2, -0.15) is 0 Å². The number of hydrogen-bond acceptors (Lipinski definition) is 6. The molecule has 0 unspecified atom stereocenters. The van der Waals surface area contributed by atoms with Gasteiger partial charge < -0.3 is 24.6 Å². The van der Waals surface area contributed by atoms with Crippen molar-refractivity contribution < 1.29 is 28.9 Å². The molecule has 1 aliphatic rings. The van der Waals surface area contributed by atoms with Crippen LogP contribution in [0, 0.1) is 0 Å². The normalized spacial score (nSPS) is 18.1. The molecular weight excluding hydrogens is 350 g/mol. The largest absolute Gasteiger partial charge is 0.507 e. The van der Waals surface area contributed by atoms with Gasteiger partial charge in [-0.05, 0) is 42.0 Å². The lowest BCUT2D eigenvalue weighted by atomic mass is 9.95. The first-order chi connectivity index (χ1) is 13.0. The zero-order chi connectivity index (χ0) is 19.6. The van der Waals surface area contributed by atoms with E-state index >= 15 is 0 Å². The first-order valence-electron chi connectivity index (χ1n) is 8.14. The van der Waals surface area contributed by atoms with E-state index in [0.717, 1.165) is 0 Å². The number of hydrogen-bond donors (Lipinski definition) is 2. The lowest BCUT2D eigenvalue weighted by Gasteiger charge is -2.16. The molecule has 0 bridgehead atoms. The summed E-state index contributed by atoms with van der Waals surface area (Å²) in [6.07, 6.45) is 0. The second-order valence-electron chi connectivity index (χ2n) is 5.84. The smallest absolute Gasteiger partial charge is 0.293 e. The fraction of sp³-hybridized carbons (Fsp3) is 0.200. The number of ether oxygens (including phenoxy) is 3. The van der Waals surface area contributed by atoms with Crippen LogP contribution in [0.25, 0.3) is 5.76 Å². The molecule has 1 atom stereocenters. The van der Waals surface area contributed by atoms with Crippen molar-refractivity contribution in [3.8, 4) is 17.2 Å². The van der Waals surface area contributed by atoms with Gasteiger partial charge in [0.15, 0.2) is 11.5 Å². The minimum absolute atomic E-state index is 0.0163. The van der Waals surface area contributed by atoms with Crippen molar-refractivity contribution in [2.24, 2.45) is 0 Å². The Balaban J connectivity index is 2.08. The molecule has 0 saturated carbocycles. The average molecular weight is 369 g/mol. The molecule has 2 aromatic carbocycles. The van der Waals surface area contributed by atoms with Crippen LogP contribution in [-0.4, -0.2) is 38.1 Å². The summed E-state index contributed by atoms with van der Waals surface area (Å²) in [6, 6.07) is 10.8. The maximum atomic E-state index is 12.4. The number of benzene rings is 2. The number of methoxy groups -OCH3 is 3. The summed E-state index contributed by atoms with van der Waals surface area (Å²) >= 11 is 0. The number of aliphatic hydroxyl groups excluding tert-OH is 1. The summed E-state index contributed by atoms with van der Waals surface area (Å²) in [7, 11) is 4.54. The topological polar surface area (TPSA) is 94.1 Å². The van der Waals surface area contributed by atoms with Crippen LogP contribution in [0.5, 0.6) is 17.2 Å². The molecule has 1 saturated heterocycles.